The third-order valence-electron chi connectivity index (χ3n) is 5.62. The van der Waals surface area contributed by atoms with Gasteiger partial charge in [0.2, 0.25) is 11.8 Å². The van der Waals surface area contributed by atoms with Gasteiger partial charge < -0.3 is 16.0 Å². The first-order valence-corrected chi connectivity index (χ1v) is 11.4. The molecule has 4 rings (SSSR count). The van der Waals surface area contributed by atoms with E-state index in [1.165, 1.54) is 6.07 Å². The molecule has 3 N–H and O–H groups in total. The number of hydrogen-bond acceptors (Lipinski definition) is 6. The van der Waals surface area contributed by atoms with Crippen LogP contribution in [0.25, 0.3) is 11.3 Å². The molecule has 0 aliphatic heterocycles. The number of nitrogens with one attached hydrogen (secondary N) is 3. The quantitative estimate of drug-likeness (QED) is 0.405. The lowest BCUT2D eigenvalue weighted by Gasteiger charge is -2.15. The van der Waals surface area contributed by atoms with E-state index in [1.807, 2.05) is 0 Å². The van der Waals surface area contributed by atoms with Gasteiger partial charge in [0, 0.05) is 54.3 Å². The summed E-state index contributed by atoms with van der Waals surface area (Å²) >= 11 is 0. The topological polar surface area (TPSA) is 135 Å². The number of amides is 3. The number of anilines is 1. The zero-order valence-electron chi connectivity index (χ0n) is 19.2. The van der Waals surface area contributed by atoms with Crippen LogP contribution in [0.1, 0.15) is 36.2 Å². The van der Waals surface area contributed by atoms with Gasteiger partial charge in [-0.1, -0.05) is 0 Å². The molecule has 3 amide bonds. The Morgan fingerprint density at radius 2 is 1.66 bits per heavy atom. The molecule has 1 aliphatic carbocycles. The number of benzene rings is 1. The Hall–Kier alpha value is -4.34. The van der Waals surface area contributed by atoms with Crippen LogP contribution in [0.5, 0.6) is 0 Å². The highest BCUT2D eigenvalue weighted by atomic mass is 16.2. The molecular formula is C25H26N6O4. The van der Waals surface area contributed by atoms with E-state index in [1.54, 1.807) is 61.8 Å². The van der Waals surface area contributed by atoms with E-state index >= 15 is 0 Å². The molecule has 0 spiro atoms. The summed E-state index contributed by atoms with van der Waals surface area (Å²) in [4.78, 5) is 53.0. The highest BCUT2D eigenvalue weighted by molar-refractivity contribution is 5.96. The van der Waals surface area contributed by atoms with Crippen LogP contribution in [-0.2, 0) is 9.59 Å². The van der Waals surface area contributed by atoms with Crippen LogP contribution >= 0.6 is 0 Å². The molecule has 2 heterocycles. The minimum atomic E-state index is -0.835. The average Bonchev–Trinajstić information content (AvgIpc) is 3.73. The van der Waals surface area contributed by atoms with Gasteiger partial charge in [-0.25, -0.2) is 4.68 Å². The van der Waals surface area contributed by atoms with E-state index < -0.39 is 17.5 Å². The molecule has 35 heavy (non-hydrogen) atoms. The summed E-state index contributed by atoms with van der Waals surface area (Å²) in [5.74, 6) is -0.573. The maximum atomic E-state index is 12.6. The van der Waals surface area contributed by atoms with Crippen molar-refractivity contribution in [2.24, 2.45) is 5.92 Å². The van der Waals surface area contributed by atoms with Crippen molar-refractivity contribution in [3.8, 4) is 11.3 Å². The summed E-state index contributed by atoms with van der Waals surface area (Å²) in [5.41, 5.74) is 2.03. The predicted octanol–water partition coefficient (Wildman–Crippen LogP) is 1.76. The first kappa shape index (κ1) is 23.8. The summed E-state index contributed by atoms with van der Waals surface area (Å²) in [6.45, 7) is 1.97. The third kappa shape index (κ3) is 6.17. The molecule has 1 unspecified atom stereocenters. The SMILES string of the molecule is CC(C(=O)NCCNC(=O)c1ccc(NC(=O)C2CC2)cc1)n1nc(-c2ccncc2)ccc1=O. The molecule has 2 aromatic heterocycles. The number of carbonyl (C=O) groups is 3. The van der Waals surface area contributed by atoms with Crippen LogP contribution in [0.3, 0.4) is 0 Å². The Labute approximate surface area is 201 Å². The minimum Gasteiger partial charge on any atom is -0.352 e. The summed E-state index contributed by atoms with van der Waals surface area (Å²) < 4.78 is 1.13. The second-order valence-corrected chi connectivity index (χ2v) is 8.30. The number of hydrogen-bond donors (Lipinski definition) is 3. The molecule has 0 saturated heterocycles. The molecule has 10 heteroatoms. The van der Waals surface area contributed by atoms with Crippen LogP contribution in [0, 0.1) is 5.92 Å². The Morgan fingerprint density at radius 3 is 2.34 bits per heavy atom. The standard InChI is InChI=1S/C25H26N6O4/c1-16(31-22(32)9-8-21(30-31)17-10-12-26-13-11-17)23(33)27-14-15-28-24(34)18-4-6-20(7-5-18)29-25(35)19-2-3-19/h4-13,16,19H,2-3,14-15H2,1H3,(H,27,33)(H,28,34)(H,29,35). The van der Waals surface area contributed by atoms with Gasteiger partial charge in [0.25, 0.3) is 11.5 Å². The second kappa shape index (κ2) is 10.7. The molecule has 0 radical (unpaired) electrons. The predicted molar refractivity (Wildman–Crippen MR) is 130 cm³/mol. The molecule has 1 aromatic carbocycles. The second-order valence-electron chi connectivity index (χ2n) is 8.30. The van der Waals surface area contributed by atoms with Gasteiger partial charge in [-0.05, 0) is 62.2 Å². The summed E-state index contributed by atoms with van der Waals surface area (Å²) in [5, 5.41) is 12.6. The number of nitrogens with zero attached hydrogens (tertiary/aromatic N) is 3. The highest BCUT2D eigenvalue weighted by Gasteiger charge is 2.29. The van der Waals surface area contributed by atoms with Crippen molar-refractivity contribution in [3.05, 3.63) is 76.8 Å². The lowest BCUT2D eigenvalue weighted by atomic mass is 10.2. The van der Waals surface area contributed by atoms with E-state index in [0.29, 0.717) is 16.9 Å². The molecule has 10 nitrogen and oxygen atoms in total. The molecule has 1 aliphatic rings. The van der Waals surface area contributed by atoms with Gasteiger partial charge in [-0.3, -0.25) is 24.2 Å². The van der Waals surface area contributed by atoms with Crippen LogP contribution in [0.4, 0.5) is 5.69 Å². The Kier molecular flexibility index (Phi) is 7.30. The van der Waals surface area contributed by atoms with Crippen molar-refractivity contribution in [1.82, 2.24) is 25.4 Å². The van der Waals surface area contributed by atoms with Crippen LogP contribution < -0.4 is 21.5 Å². The van der Waals surface area contributed by atoms with Crippen LogP contribution in [0.15, 0.2) is 65.7 Å². The third-order valence-corrected chi connectivity index (χ3v) is 5.62. The van der Waals surface area contributed by atoms with E-state index in [0.717, 1.165) is 23.1 Å². The monoisotopic (exact) mass is 474 g/mol. The molecule has 180 valence electrons. The van der Waals surface area contributed by atoms with E-state index in [2.05, 4.69) is 26.0 Å². The largest absolute Gasteiger partial charge is 0.352 e. The van der Waals surface area contributed by atoms with Gasteiger partial charge >= 0.3 is 0 Å². The average molecular weight is 475 g/mol. The normalized spacial score (nSPS) is 13.5. The smallest absolute Gasteiger partial charge is 0.267 e. The van der Waals surface area contributed by atoms with Crippen molar-refractivity contribution < 1.29 is 14.4 Å². The maximum absolute atomic E-state index is 12.6. The van der Waals surface area contributed by atoms with E-state index in [9.17, 15) is 19.2 Å². The van der Waals surface area contributed by atoms with E-state index in [4.69, 9.17) is 0 Å². The lowest BCUT2D eigenvalue weighted by Crippen LogP contribution is -2.40. The summed E-state index contributed by atoms with van der Waals surface area (Å²) in [7, 11) is 0. The lowest BCUT2D eigenvalue weighted by molar-refractivity contribution is -0.124. The molecule has 1 saturated carbocycles. The minimum absolute atomic E-state index is 0.00808. The van der Waals surface area contributed by atoms with E-state index in [-0.39, 0.29) is 30.8 Å². The number of pyridine rings is 1. The van der Waals surface area contributed by atoms with Gasteiger partial charge in [-0.15, -0.1) is 0 Å². The fourth-order valence-electron chi connectivity index (χ4n) is 3.40. The van der Waals surface area contributed by atoms with Crippen molar-refractivity contribution in [2.75, 3.05) is 18.4 Å². The Morgan fingerprint density at radius 1 is 0.971 bits per heavy atom. The summed E-state index contributed by atoms with van der Waals surface area (Å²) in [6.07, 6.45) is 5.09. The van der Waals surface area contributed by atoms with Gasteiger partial charge in [0.1, 0.15) is 6.04 Å². The maximum Gasteiger partial charge on any atom is 0.267 e. The highest BCUT2D eigenvalue weighted by Crippen LogP contribution is 2.30. The Balaban J connectivity index is 1.25. The molecule has 1 fully saturated rings. The molecule has 1 atom stereocenters. The number of aromatic nitrogens is 3. The number of rotatable bonds is 9. The van der Waals surface area contributed by atoms with Crippen molar-refractivity contribution in [2.45, 2.75) is 25.8 Å². The van der Waals surface area contributed by atoms with Crippen molar-refractivity contribution in [3.63, 3.8) is 0 Å². The molecular weight excluding hydrogens is 448 g/mol. The van der Waals surface area contributed by atoms with Crippen molar-refractivity contribution >= 4 is 23.4 Å². The Bertz CT molecular complexity index is 1270. The first-order chi connectivity index (χ1) is 16.9. The zero-order chi connectivity index (χ0) is 24.8. The van der Waals surface area contributed by atoms with Gasteiger partial charge in [0.15, 0.2) is 0 Å². The van der Waals surface area contributed by atoms with Crippen LogP contribution in [-0.4, -0.2) is 45.6 Å². The first-order valence-electron chi connectivity index (χ1n) is 11.4. The fourth-order valence-corrected chi connectivity index (χ4v) is 3.40. The molecule has 0 bridgehead atoms. The zero-order valence-corrected chi connectivity index (χ0v) is 19.2. The van der Waals surface area contributed by atoms with Gasteiger partial charge in [0.05, 0.1) is 5.69 Å². The summed E-state index contributed by atoms with van der Waals surface area (Å²) in [6, 6.07) is 12.3. The van der Waals surface area contributed by atoms with Crippen LogP contribution in [0.2, 0.25) is 0 Å². The molecule has 3 aromatic rings. The van der Waals surface area contributed by atoms with Gasteiger partial charge in [-0.2, -0.15) is 5.10 Å². The number of carbonyl (C=O) groups excluding carboxylic acids is 3. The van der Waals surface area contributed by atoms with Crippen molar-refractivity contribution in [1.29, 1.82) is 0 Å². The fraction of sp³-hybridized carbons (Fsp3) is 0.280.